The first kappa shape index (κ1) is 22.4. The first-order valence-corrected chi connectivity index (χ1v) is 10.9. The van der Waals surface area contributed by atoms with Crippen LogP contribution in [0.25, 0.3) is 0 Å². The van der Waals surface area contributed by atoms with Crippen molar-refractivity contribution in [3.63, 3.8) is 0 Å². The van der Waals surface area contributed by atoms with E-state index in [1.807, 2.05) is 36.1 Å². The summed E-state index contributed by atoms with van der Waals surface area (Å²) < 4.78 is 0. The number of carboxylic acid groups (broad SMARTS) is 1. The highest BCUT2D eigenvalue weighted by atomic mass is 32.2. The third-order valence-electron chi connectivity index (χ3n) is 4.96. The topological polar surface area (TPSA) is 90.7 Å². The van der Waals surface area contributed by atoms with Gasteiger partial charge in [0.05, 0.1) is 12.1 Å². The molecule has 154 valence electrons. The molecule has 0 aromatic carbocycles. The van der Waals surface area contributed by atoms with E-state index in [0.717, 1.165) is 55.1 Å². The second-order valence-electron chi connectivity index (χ2n) is 7.17. The van der Waals surface area contributed by atoms with Gasteiger partial charge < -0.3 is 15.1 Å². The number of aliphatic hydroxyl groups is 1. The summed E-state index contributed by atoms with van der Waals surface area (Å²) in [6, 6.07) is 5.68. The van der Waals surface area contributed by atoms with Crippen molar-refractivity contribution in [1.29, 1.82) is 0 Å². The van der Waals surface area contributed by atoms with Gasteiger partial charge in [-0.2, -0.15) is 0 Å². The van der Waals surface area contributed by atoms with Gasteiger partial charge in [0.2, 0.25) is 5.91 Å². The minimum Gasteiger partial charge on any atom is -0.473 e. The minimum absolute atomic E-state index is 0.0352. The van der Waals surface area contributed by atoms with E-state index >= 15 is 0 Å². The molecule has 2 heterocycles. The van der Waals surface area contributed by atoms with Gasteiger partial charge in [-0.25, -0.2) is 4.79 Å². The van der Waals surface area contributed by atoms with E-state index < -0.39 is 11.4 Å². The van der Waals surface area contributed by atoms with Crippen LogP contribution in [0.5, 0.6) is 0 Å². The molecular formula is C21H30N2O4S. The molecule has 0 saturated carbocycles. The Hall–Kier alpha value is -1.86. The van der Waals surface area contributed by atoms with Gasteiger partial charge in [-0.15, -0.1) is 0 Å². The Morgan fingerprint density at radius 2 is 2.21 bits per heavy atom. The van der Waals surface area contributed by atoms with Gasteiger partial charge in [0.25, 0.3) is 0 Å². The third kappa shape index (κ3) is 7.64. The first-order valence-electron chi connectivity index (χ1n) is 9.89. The summed E-state index contributed by atoms with van der Waals surface area (Å²) in [5, 5.41) is 18.2. The Bertz CT molecular complexity index is 666. The van der Waals surface area contributed by atoms with Crippen LogP contribution in [-0.4, -0.2) is 55.7 Å². The normalized spacial score (nSPS) is 18.9. The maximum atomic E-state index is 12.4. The van der Waals surface area contributed by atoms with Crippen LogP contribution in [0, 0.1) is 0 Å². The van der Waals surface area contributed by atoms with Crippen LogP contribution in [0.2, 0.25) is 0 Å². The van der Waals surface area contributed by atoms with E-state index in [4.69, 9.17) is 5.11 Å². The molecule has 1 unspecified atom stereocenters. The molecule has 0 spiro atoms. The Morgan fingerprint density at radius 3 is 2.93 bits per heavy atom. The molecule has 6 nitrogen and oxygen atoms in total. The quantitative estimate of drug-likeness (QED) is 0.452. The molecule has 0 radical (unpaired) electrons. The number of unbranched alkanes of at least 4 members (excludes halogenated alkanes) is 2. The summed E-state index contributed by atoms with van der Waals surface area (Å²) >= 11 is 0.925. The van der Waals surface area contributed by atoms with Crippen LogP contribution < -0.4 is 0 Å². The van der Waals surface area contributed by atoms with Crippen LogP contribution in [0.15, 0.2) is 36.0 Å². The molecule has 2 atom stereocenters. The largest absolute Gasteiger partial charge is 0.473 e. The van der Waals surface area contributed by atoms with E-state index in [1.165, 1.54) is 0 Å². The predicted octanol–water partition coefficient (Wildman–Crippen LogP) is 3.89. The maximum Gasteiger partial charge on any atom is 0.364 e. The Morgan fingerprint density at radius 1 is 1.39 bits per heavy atom. The number of rotatable bonds is 10. The van der Waals surface area contributed by atoms with Crippen molar-refractivity contribution in [3.05, 3.63) is 41.7 Å². The van der Waals surface area contributed by atoms with Crippen LogP contribution in [0.1, 0.15) is 51.1 Å². The monoisotopic (exact) mass is 406 g/mol. The van der Waals surface area contributed by atoms with E-state index in [1.54, 1.807) is 6.20 Å². The number of aromatic nitrogens is 1. The smallest absolute Gasteiger partial charge is 0.364 e. The zero-order valence-corrected chi connectivity index (χ0v) is 17.2. The van der Waals surface area contributed by atoms with Gasteiger partial charge in [0, 0.05) is 37.0 Å². The van der Waals surface area contributed by atoms with Crippen molar-refractivity contribution < 1.29 is 19.8 Å². The molecule has 1 fully saturated rings. The second kappa shape index (κ2) is 11.9. The Kier molecular flexibility index (Phi) is 9.50. The highest BCUT2D eigenvalue weighted by Gasteiger charge is 2.28. The summed E-state index contributed by atoms with van der Waals surface area (Å²) in [6.07, 6.45) is 8.38. The lowest BCUT2D eigenvalue weighted by atomic mass is 9.93. The molecule has 2 N–H and O–H groups in total. The highest BCUT2D eigenvalue weighted by Crippen LogP contribution is 2.25. The van der Waals surface area contributed by atoms with Gasteiger partial charge >= 0.3 is 5.30 Å². The SMILES string of the molecule is C/C(=C\C(O)Cc1ccccn1)[C@H]1CCCC(=O)N1CCCCCSC(=O)O. The number of carbonyl (C=O) groups is 2. The highest BCUT2D eigenvalue weighted by molar-refractivity contribution is 8.13. The van der Waals surface area contributed by atoms with Gasteiger partial charge in [-0.1, -0.05) is 24.1 Å². The number of hydrogen-bond acceptors (Lipinski definition) is 5. The molecule has 1 amide bonds. The Labute approximate surface area is 171 Å². The number of nitrogens with zero attached hydrogens (tertiary/aromatic N) is 2. The maximum absolute atomic E-state index is 12.4. The number of carbonyl (C=O) groups excluding carboxylic acids is 1. The minimum atomic E-state index is -0.837. The third-order valence-corrected chi connectivity index (χ3v) is 5.70. The van der Waals surface area contributed by atoms with Crippen LogP contribution in [-0.2, 0) is 11.2 Å². The van der Waals surface area contributed by atoms with Gasteiger partial charge in [-0.05, 0) is 56.5 Å². The van der Waals surface area contributed by atoms with Crippen LogP contribution in [0.4, 0.5) is 4.79 Å². The van der Waals surface area contributed by atoms with Crippen molar-refractivity contribution in [1.82, 2.24) is 9.88 Å². The molecule has 1 aromatic heterocycles. The van der Waals surface area contributed by atoms with Crippen molar-refractivity contribution in [2.75, 3.05) is 12.3 Å². The molecule has 2 rings (SSSR count). The van der Waals surface area contributed by atoms with Crippen molar-refractivity contribution in [2.45, 2.75) is 64.0 Å². The first-order chi connectivity index (χ1) is 13.5. The summed E-state index contributed by atoms with van der Waals surface area (Å²) in [6.45, 7) is 2.67. The zero-order chi connectivity index (χ0) is 20.4. The lowest BCUT2D eigenvalue weighted by Gasteiger charge is -2.37. The number of piperidine rings is 1. The molecule has 1 aromatic rings. The fourth-order valence-electron chi connectivity index (χ4n) is 3.60. The lowest BCUT2D eigenvalue weighted by molar-refractivity contribution is -0.135. The fourth-order valence-corrected chi connectivity index (χ4v) is 4.12. The number of hydrogen-bond donors (Lipinski definition) is 2. The van der Waals surface area contributed by atoms with E-state index in [0.29, 0.717) is 25.1 Å². The van der Waals surface area contributed by atoms with Gasteiger partial charge in [0.1, 0.15) is 0 Å². The lowest BCUT2D eigenvalue weighted by Crippen LogP contribution is -2.45. The Balaban J connectivity index is 1.88. The molecule has 28 heavy (non-hydrogen) atoms. The fraction of sp³-hybridized carbons (Fsp3) is 0.571. The van der Waals surface area contributed by atoms with Crippen LogP contribution >= 0.6 is 11.8 Å². The standard InChI is InChI=1S/C21H30N2O4S/c1-16(14-18(24)15-17-8-3-4-11-22-17)19-9-7-10-20(25)23(19)12-5-2-6-13-28-21(26)27/h3-4,8,11,14,18-19,24H,2,5-7,9-10,12-13,15H2,1H3,(H,26,27)/b16-14+/t18?,19-/m1/s1. The van der Waals surface area contributed by atoms with Crippen LogP contribution in [0.3, 0.4) is 0 Å². The van der Waals surface area contributed by atoms with Crippen molar-refractivity contribution in [3.8, 4) is 0 Å². The number of amides is 1. The molecule has 0 aliphatic carbocycles. The summed E-state index contributed by atoms with van der Waals surface area (Å²) in [5.74, 6) is 0.772. The van der Waals surface area contributed by atoms with E-state index in [9.17, 15) is 14.7 Å². The number of aliphatic hydroxyl groups excluding tert-OH is 1. The number of pyridine rings is 1. The summed E-state index contributed by atoms with van der Waals surface area (Å²) in [7, 11) is 0. The molecule has 7 heteroatoms. The van der Waals surface area contributed by atoms with E-state index in [2.05, 4.69) is 4.98 Å². The zero-order valence-electron chi connectivity index (χ0n) is 16.4. The van der Waals surface area contributed by atoms with Crippen molar-refractivity contribution >= 4 is 23.0 Å². The molecule has 1 saturated heterocycles. The number of thioether (sulfide) groups is 1. The molecular weight excluding hydrogens is 376 g/mol. The van der Waals surface area contributed by atoms with E-state index in [-0.39, 0.29) is 11.9 Å². The molecule has 1 aliphatic rings. The summed E-state index contributed by atoms with van der Waals surface area (Å²) in [4.78, 5) is 29.1. The predicted molar refractivity (Wildman–Crippen MR) is 111 cm³/mol. The molecule has 0 bridgehead atoms. The van der Waals surface area contributed by atoms with Gasteiger partial charge in [-0.3, -0.25) is 9.78 Å². The van der Waals surface area contributed by atoms with Gasteiger partial charge in [0.15, 0.2) is 0 Å². The average Bonchev–Trinajstić information content (AvgIpc) is 2.65. The summed E-state index contributed by atoms with van der Waals surface area (Å²) in [5.41, 5.74) is 1.87. The average molecular weight is 407 g/mol. The second-order valence-corrected chi connectivity index (χ2v) is 8.22. The number of likely N-dealkylation sites (tertiary alicyclic amines) is 1. The molecule has 1 aliphatic heterocycles. The van der Waals surface area contributed by atoms with Crippen molar-refractivity contribution in [2.24, 2.45) is 0 Å².